The van der Waals surface area contributed by atoms with Crippen molar-refractivity contribution in [3.8, 4) is 0 Å². The highest BCUT2D eigenvalue weighted by molar-refractivity contribution is 7.98. The first-order valence-corrected chi connectivity index (χ1v) is 6.11. The van der Waals surface area contributed by atoms with Gasteiger partial charge in [-0.15, -0.1) is 11.8 Å². The molecule has 0 amide bonds. The van der Waals surface area contributed by atoms with Gasteiger partial charge in [0.05, 0.1) is 17.6 Å². The van der Waals surface area contributed by atoms with E-state index in [0.717, 1.165) is 5.76 Å². The number of thioether (sulfide) groups is 1. The maximum Gasteiger partial charge on any atom is 0.163 e. The molecule has 2 aromatic rings. The van der Waals surface area contributed by atoms with Crippen LogP contribution in [0.1, 0.15) is 23.0 Å². The minimum atomic E-state index is -0.470. The zero-order valence-corrected chi connectivity index (χ0v) is 10.1. The zero-order chi connectivity index (χ0) is 12.3. The van der Waals surface area contributed by atoms with Crippen LogP contribution in [0.25, 0.3) is 0 Å². The molecular weight excluding hydrogens is 239 g/mol. The van der Waals surface area contributed by atoms with Crippen LogP contribution in [0.5, 0.6) is 0 Å². The van der Waals surface area contributed by atoms with Gasteiger partial charge < -0.3 is 4.42 Å². The lowest BCUT2D eigenvalue weighted by atomic mass is 10.1. The summed E-state index contributed by atoms with van der Waals surface area (Å²) in [6.45, 7) is 1.37. The van der Waals surface area contributed by atoms with Crippen molar-refractivity contribution in [1.29, 1.82) is 0 Å². The molecule has 0 spiro atoms. The van der Waals surface area contributed by atoms with Gasteiger partial charge in [-0.1, -0.05) is 6.07 Å². The van der Waals surface area contributed by atoms with Crippen molar-refractivity contribution in [3.05, 3.63) is 53.7 Å². The molecule has 0 aliphatic rings. The Morgan fingerprint density at radius 1 is 1.35 bits per heavy atom. The van der Waals surface area contributed by atoms with E-state index in [2.05, 4.69) is 0 Å². The van der Waals surface area contributed by atoms with Crippen LogP contribution in [-0.4, -0.2) is 5.78 Å². The molecule has 0 saturated heterocycles. The first kappa shape index (κ1) is 11.9. The van der Waals surface area contributed by atoms with Crippen LogP contribution < -0.4 is 0 Å². The van der Waals surface area contributed by atoms with Crippen molar-refractivity contribution in [2.45, 2.75) is 17.6 Å². The molecule has 0 aliphatic carbocycles. The van der Waals surface area contributed by atoms with Gasteiger partial charge in [0.15, 0.2) is 5.78 Å². The molecule has 0 aliphatic heterocycles. The number of rotatable bonds is 4. The summed E-state index contributed by atoms with van der Waals surface area (Å²) in [5, 5.41) is 0. The average Bonchev–Trinajstić information content (AvgIpc) is 2.78. The molecule has 0 atom stereocenters. The van der Waals surface area contributed by atoms with Gasteiger partial charge in [-0.25, -0.2) is 4.39 Å². The van der Waals surface area contributed by atoms with Crippen LogP contribution in [0, 0.1) is 5.82 Å². The average molecular weight is 250 g/mol. The highest BCUT2D eigenvalue weighted by Gasteiger charge is 2.13. The molecule has 1 aromatic heterocycles. The largest absolute Gasteiger partial charge is 0.468 e. The van der Waals surface area contributed by atoms with Crippen molar-refractivity contribution < 1.29 is 13.6 Å². The predicted molar refractivity (Wildman–Crippen MR) is 64.7 cm³/mol. The van der Waals surface area contributed by atoms with Gasteiger partial charge in [-0.05, 0) is 31.2 Å². The molecule has 0 N–H and O–H groups in total. The second-order valence-corrected chi connectivity index (χ2v) is 4.55. The molecule has 2 rings (SSSR count). The lowest BCUT2D eigenvalue weighted by Crippen LogP contribution is -1.99. The van der Waals surface area contributed by atoms with Crippen LogP contribution in [0.3, 0.4) is 0 Å². The van der Waals surface area contributed by atoms with E-state index >= 15 is 0 Å². The molecule has 1 aromatic carbocycles. The summed E-state index contributed by atoms with van der Waals surface area (Å²) in [6, 6.07) is 8.29. The van der Waals surface area contributed by atoms with Crippen LogP contribution in [-0.2, 0) is 5.75 Å². The fraction of sp³-hybridized carbons (Fsp3) is 0.154. The first-order valence-electron chi connectivity index (χ1n) is 5.13. The van der Waals surface area contributed by atoms with E-state index in [-0.39, 0.29) is 11.3 Å². The quantitative estimate of drug-likeness (QED) is 0.608. The van der Waals surface area contributed by atoms with Gasteiger partial charge in [-0.2, -0.15) is 0 Å². The number of hydrogen-bond donors (Lipinski definition) is 0. The van der Waals surface area contributed by atoms with Crippen LogP contribution in [0.4, 0.5) is 4.39 Å². The van der Waals surface area contributed by atoms with E-state index in [1.54, 1.807) is 24.5 Å². The van der Waals surface area contributed by atoms with Gasteiger partial charge in [0.1, 0.15) is 11.6 Å². The second kappa shape index (κ2) is 5.19. The van der Waals surface area contributed by atoms with Crippen LogP contribution >= 0.6 is 11.8 Å². The van der Waals surface area contributed by atoms with Gasteiger partial charge in [-0.3, -0.25) is 4.79 Å². The number of Topliss-reactive ketones (excluding diaryl/α,β-unsaturated/α-hetero) is 1. The Balaban J connectivity index is 2.21. The SMILES string of the molecule is CC(=O)c1c(F)cccc1SCc1ccco1. The Morgan fingerprint density at radius 3 is 2.82 bits per heavy atom. The third-order valence-electron chi connectivity index (χ3n) is 2.28. The summed E-state index contributed by atoms with van der Waals surface area (Å²) in [6.07, 6.45) is 1.59. The number of furan rings is 1. The Morgan fingerprint density at radius 2 is 2.18 bits per heavy atom. The molecule has 0 bridgehead atoms. The predicted octanol–water partition coefficient (Wildman–Crippen LogP) is 3.91. The van der Waals surface area contributed by atoms with E-state index in [0.29, 0.717) is 10.6 Å². The van der Waals surface area contributed by atoms with Crippen molar-refractivity contribution in [2.24, 2.45) is 0 Å². The minimum absolute atomic E-state index is 0.157. The van der Waals surface area contributed by atoms with Crippen molar-refractivity contribution in [1.82, 2.24) is 0 Å². The molecule has 1 heterocycles. The van der Waals surface area contributed by atoms with Crippen molar-refractivity contribution in [2.75, 3.05) is 0 Å². The number of halogens is 1. The minimum Gasteiger partial charge on any atom is -0.468 e. The lowest BCUT2D eigenvalue weighted by Gasteiger charge is -2.06. The Labute approximate surface area is 103 Å². The zero-order valence-electron chi connectivity index (χ0n) is 9.27. The monoisotopic (exact) mass is 250 g/mol. The Bertz CT molecular complexity index is 520. The number of hydrogen-bond acceptors (Lipinski definition) is 3. The van der Waals surface area contributed by atoms with E-state index in [9.17, 15) is 9.18 Å². The molecule has 2 nitrogen and oxygen atoms in total. The van der Waals surface area contributed by atoms with Gasteiger partial charge in [0.2, 0.25) is 0 Å². The summed E-state index contributed by atoms with van der Waals surface area (Å²) in [4.78, 5) is 12.0. The van der Waals surface area contributed by atoms with Gasteiger partial charge in [0, 0.05) is 4.90 Å². The normalized spacial score (nSPS) is 10.5. The fourth-order valence-electron chi connectivity index (χ4n) is 1.51. The standard InChI is InChI=1S/C13H11FO2S/c1-9(15)13-11(14)5-2-6-12(13)17-8-10-4-3-7-16-10/h2-7H,8H2,1H3. The Hall–Kier alpha value is -1.55. The number of benzene rings is 1. The van der Waals surface area contributed by atoms with Crippen molar-refractivity contribution >= 4 is 17.5 Å². The van der Waals surface area contributed by atoms with Crippen LogP contribution in [0.2, 0.25) is 0 Å². The third kappa shape index (κ3) is 2.77. The van der Waals surface area contributed by atoms with Crippen LogP contribution in [0.15, 0.2) is 45.9 Å². The summed E-state index contributed by atoms with van der Waals surface area (Å²) in [5.41, 5.74) is 0.157. The van der Waals surface area contributed by atoms with E-state index in [4.69, 9.17) is 4.42 Å². The molecule has 0 saturated carbocycles. The summed E-state index contributed by atoms with van der Waals surface area (Å²) in [5.74, 6) is 0.650. The summed E-state index contributed by atoms with van der Waals surface area (Å²) >= 11 is 1.39. The molecule has 4 heteroatoms. The topological polar surface area (TPSA) is 30.2 Å². The second-order valence-electron chi connectivity index (χ2n) is 3.54. The molecule has 17 heavy (non-hydrogen) atoms. The van der Waals surface area contributed by atoms with E-state index in [1.165, 1.54) is 24.8 Å². The number of carbonyl (C=O) groups excluding carboxylic acids is 1. The molecule has 0 fully saturated rings. The highest BCUT2D eigenvalue weighted by atomic mass is 32.2. The lowest BCUT2D eigenvalue weighted by molar-refractivity contribution is 0.101. The maximum absolute atomic E-state index is 13.5. The molecule has 0 radical (unpaired) electrons. The first-order chi connectivity index (χ1) is 8.18. The fourth-order valence-corrected chi connectivity index (χ4v) is 2.53. The maximum atomic E-state index is 13.5. The number of carbonyl (C=O) groups is 1. The van der Waals surface area contributed by atoms with E-state index < -0.39 is 5.82 Å². The molecular formula is C13H11FO2S. The van der Waals surface area contributed by atoms with Gasteiger partial charge >= 0.3 is 0 Å². The Kier molecular flexibility index (Phi) is 3.64. The number of ketones is 1. The molecule has 0 unspecified atom stereocenters. The van der Waals surface area contributed by atoms with Gasteiger partial charge in [0.25, 0.3) is 0 Å². The third-order valence-corrected chi connectivity index (χ3v) is 3.36. The van der Waals surface area contributed by atoms with E-state index in [1.807, 2.05) is 6.07 Å². The van der Waals surface area contributed by atoms with Crippen molar-refractivity contribution in [3.63, 3.8) is 0 Å². The summed E-state index contributed by atoms with van der Waals surface area (Å²) < 4.78 is 18.7. The summed E-state index contributed by atoms with van der Waals surface area (Å²) in [7, 11) is 0. The molecule has 88 valence electrons. The highest BCUT2D eigenvalue weighted by Crippen LogP contribution is 2.28. The smallest absolute Gasteiger partial charge is 0.163 e.